The molecule has 15 heavy (non-hydrogen) atoms. The quantitative estimate of drug-likeness (QED) is 0.892. The van der Waals surface area contributed by atoms with Gasteiger partial charge in [-0.25, -0.2) is 0 Å². The first-order chi connectivity index (χ1) is 7.20. The molecule has 2 rings (SSSR count). The van der Waals surface area contributed by atoms with Crippen LogP contribution in [0.4, 0.5) is 0 Å². The van der Waals surface area contributed by atoms with E-state index in [4.69, 9.17) is 11.6 Å². The number of halogens is 2. The molecule has 0 bridgehead atoms. The van der Waals surface area contributed by atoms with E-state index in [-0.39, 0.29) is 0 Å². The third-order valence-electron chi connectivity index (χ3n) is 2.11. The van der Waals surface area contributed by atoms with Gasteiger partial charge in [0.25, 0.3) is 0 Å². The van der Waals surface area contributed by atoms with E-state index >= 15 is 0 Å². The highest BCUT2D eigenvalue weighted by atomic mass is 79.9. The lowest BCUT2D eigenvalue weighted by Gasteiger charge is -2.12. The fourth-order valence-corrected chi connectivity index (χ4v) is 2.32. The van der Waals surface area contributed by atoms with Crippen molar-refractivity contribution in [3.8, 4) is 0 Å². The molecule has 0 saturated carbocycles. The summed E-state index contributed by atoms with van der Waals surface area (Å²) in [7, 11) is 0. The molecule has 1 aromatic carbocycles. The van der Waals surface area contributed by atoms with Gasteiger partial charge < -0.3 is 5.11 Å². The van der Waals surface area contributed by atoms with E-state index in [1.807, 2.05) is 12.1 Å². The molecular weight excluding hydrogens is 279 g/mol. The summed E-state index contributed by atoms with van der Waals surface area (Å²) in [6.07, 6.45) is 2.44. The highest BCUT2D eigenvalue weighted by Gasteiger charge is 2.17. The van der Waals surface area contributed by atoms with Gasteiger partial charge in [-0.05, 0) is 12.1 Å². The Kier molecular flexibility index (Phi) is 3.09. The molecular formula is C10H8BrClN2O. The largest absolute Gasteiger partial charge is 0.383 e. The van der Waals surface area contributed by atoms with Crippen molar-refractivity contribution in [1.82, 2.24) is 10.2 Å². The van der Waals surface area contributed by atoms with Gasteiger partial charge in [-0.15, -0.1) is 0 Å². The van der Waals surface area contributed by atoms with Crippen LogP contribution in [0.2, 0.25) is 5.02 Å². The van der Waals surface area contributed by atoms with Gasteiger partial charge in [0.2, 0.25) is 0 Å². The fraction of sp³-hybridized carbons (Fsp3) is 0.100. The third-order valence-corrected chi connectivity index (χ3v) is 3.13. The molecule has 3 nitrogen and oxygen atoms in total. The number of aliphatic hydroxyl groups excluding tert-OH is 1. The maximum Gasteiger partial charge on any atom is 0.110 e. The molecule has 1 atom stereocenters. The van der Waals surface area contributed by atoms with Gasteiger partial charge in [-0.1, -0.05) is 33.6 Å². The third kappa shape index (κ3) is 2.07. The van der Waals surface area contributed by atoms with Crippen LogP contribution < -0.4 is 0 Å². The highest BCUT2D eigenvalue weighted by Crippen LogP contribution is 2.33. The van der Waals surface area contributed by atoms with Crippen molar-refractivity contribution >= 4 is 27.5 Å². The average molecular weight is 288 g/mol. The van der Waals surface area contributed by atoms with Gasteiger partial charge in [0.1, 0.15) is 6.10 Å². The summed E-state index contributed by atoms with van der Waals surface area (Å²) in [5.74, 6) is 0. The normalized spacial score (nSPS) is 12.7. The second kappa shape index (κ2) is 4.35. The summed E-state index contributed by atoms with van der Waals surface area (Å²) in [5.41, 5.74) is 1.34. The minimum Gasteiger partial charge on any atom is -0.383 e. The molecule has 0 radical (unpaired) electrons. The number of hydrogen-bond acceptors (Lipinski definition) is 2. The Bertz CT molecular complexity index is 438. The summed E-state index contributed by atoms with van der Waals surface area (Å²) in [6.45, 7) is 0. The molecule has 0 aliphatic carbocycles. The summed E-state index contributed by atoms with van der Waals surface area (Å²) in [4.78, 5) is 0. The molecule has 5 heteroatoms. The van der Waals surface area contributed by atoms with Crippen LogP contribution in [0.1, 0.15) is 17.2 Å². The number of aromatic amines is 1. The average Bonchev–Trinajstić information content (AvgIpc) is 2.69. The molecule has 0 saturated heterocycles. The predicted octanol–water partition coefficient (Wildman–Crippen LogP) is 2.91. The molecule has 1 aromatic heterocycles. The van der Waals surface area contributed by atoms with E-state index in [0.717, 1.165) is 4.47 Å². The zero-order valence-corrected chi connectivity index (χ0v) is 9.96. The van der Waals surface area contributed by atoms with Crippen molar-refractivity contribution in [2.75, 3.05) is 0 Å². The molecule has 0 spiro atoms. The molecule has 1 heterocycles. The van der Waals surface area contributed by atoms with E-state index in [9.17, 15) is 5.11 Å². The van der Waals surface area contributed by atoms with Crippen molar-refractivity contribution in [3.63, 3.8) is 0 Å². The summed E-state index contributed by atoms with van der Waals surface area (Å²) in [6, 6.07) is 5.40. The smallest absolute Gasteiger partial charge is 0.110 e. The molecule has 78 valence electrons. The van der Waals surface area contributed by atoms with Gasteiger partial charge in [0.05, 0.1) is 6.20 Å². The maximum absolute atomic E-state index is 10.1. The number of aliphatic hydroxyl groups is 1. The SMILES string of the molecule is OC(c1cn[nH]c1)c1c(Cl)cccc1Br. The Labute approximate surface area is 100 Å². The van der Waals surface area contributed by atoms with Gasteiger partial charge in [0, 0.05) is 26.8 Å². The van der Waals surface area contributed by atoms with E-state index < -0.39 is 6.10 Å². The van der Waals surface area contributed by atoms with E-state index in [1.54, 1.807) is 18.5 Å². The topological polar surface area (TPSA) is 48.9 Å². The maximum atomic E-state index is 10.1. The Morgan fingerprint density at radius 1 is 1.47 bits per heavy atom. The molecule has 0 fully saturated rings. The number of H-pyrrole nitrogens is 1. The predicted molar refractivity (Wildman–Crippen MR) is 61.8 cm³/mol. The number of nitrogens with one attached hydrogen (secondary N) is 1. The standard InChI is InChI=1S/C10H8BrClN2O/c11-7-2-1-3-8(12)9(7)10(15)6-4-13-14-5-6/h1-5,10,15H,(H,13,14). The van der Waals surface area contributed by atoms with Crippen molar-refractivity contribution in [2.24, 2.45) is 0 Å². The van der Waals surface area contributed by atoms with Crippen LogP contribution in [0.25, 0.3) is 0 Å². The van der Waals surface area contributed by atoms with Crippen LogP contribution in [0.5, 0.6) is 0 Å². The van der Waals surface area contributed by atoms with Crippen LogP contribution in [0.15, 0.2) is 35.1 Å². The van der Waals surface area contributed by atoms with E-state index in [1.165, 1.54) is 0 Å². The lowest BCUT2D eigenvalue weighted by molar-refractivity contribution is 0.219. The number of benzene rings is 1. The Morgan fingerprint density at radius 2 is 2.27 bits per heavy atom. The van der Waals surface area contributed by atoms with E-state index in [0.29, 0.717) is 16.1 Å². The molecule has 2 aromatic rings. The number of nitrogens with zero attached hydrogens (tertiary/aromatic N) is 1. The van der Waals surface area contributed by atoms with Crippen molar-refractivity contribution in [3.05, 3.63) is 51.2 Å². The molecule has 0 amide bonds. The van der Waals surface area contributed by atoms with Crippen molar-refractivity contribution < 1.29 is 5.11 Å². The monoisotopic (exact) mass is 286 g/mol. The van der Waals surface area contributed by atoms with E-state index in [2.05, 4.69) is 26.1 Å². The second-order valence-electron chi connectivity index (χ2n) is 3.07. The first-order valence-electron chi connectivity index (χ1n) is 4.31. The first kappa shape index (κ1) is 10.7. The molecule has 0 aliphatic heterocycles. The minimum absolute atomic E-state index is 0.526. The number of rotatable bonds is 2. The Morgan fingerprint density at radius 3 is 2.87 bits per heavy atom. The fourth-order valence-electron chi connectivity index (χ4n) is 1.35. The molecule has 0 aliphatic rings. The number of aromatic nitrogens is 2. The lowest BCUT2D eigenvalue weighted by atomic mass is 10.1. The van der Waals surface area contributed by atoms with Gasteiger partial charge >= 0.3 is 0 Å². The summed E-state index contributed by atoms with van der Waals surface area (Å²) >= 11 is 9.38. The van der Waals surface area contributed by atoms with Gasteiger partial charge in [-0.2, -0.15) is 5.10 Å². The van der Waals surface area contributed by atoms with Crippen LogP contribution in [-0.4, -0.2) is 15.3 Å². The van der Waals surface area contributed by atoms with Crippen LogP contribution in [0, 0.1) is 0 Å². The zero-order chi connectivity index (χ0) is 10.8. The molecule has 2 N–H and O–H groups in total. The van der Waals surface area contributed by atoms with Gasteiger partial charge in [0.15, 0.2) is 0 Å². The second-order valence-corrected chi connectivity index (χ2v) is 4.33. The lowest BCUT2D eigenvalue weighted by Crippen LogP contribution is -2.00. The van der Waals surface area contributed by atoms with Crippen molar-refractivity contribution in [1.29, 1.82) is 0 Å². The minimum atomic E-state index is -0.771. The van der Waals surface area contributed by atoms with Crippen LogP contribution >= 0.6 is 27.5 Å². The summed E-state index contributed by atoms with van der Waals surface area (Å²) < 4.78 is 0.781. The highest BCUT2D eigenvalue weighted by molar-refractivity contribution is 9.10. The molecule has 1 unspecified atom stereocenters. The first-order valence-corrected chi connectivity index (χ1v) is 5.48. The Balaban J connectivity index is 2.46. The zero-order valence-electron chi connectivity index (χ0n) is 7.61. The van der Waals surface area contributed by atoms with Crippen molar-refractivity contribution in [2.45, 2.75) is 6.10 Å². The van der Waals surface area contributed by atoms with Crippen LogP contribution in [0.3, 0.4) is 0 Å². The number of hydrogen-bond donors (Lipinski definition) is 2. The Hall–Kier alpha value is -0.840. The van der Waals surface area contributed by atoms with Crippen LogP contribution in [-0.2, 0) is 0 Å². The van der Waals surface area contributed by atoms with Gasteiger partial charge in [-0.3, -0.25) is 5.10 Å². The summed E-state index contributed by atoms with van der Waals surface area (Å²) in [5, 5.41) is 17.0.